The summed E-state index contributed by atoms with van der Waals surface area (Å²) in [6, 6.07) is 13.5. The summed E-state index contributed by atoms with van der Waals surface area (Å²) in [6.45, 7) is 1.27. The Morgan fingerprint density at radius 3 is 2.08 bits per heavy atom. The summed E-state index contributed by atoms with van der Waals surface area (Å²) in [6.07, 6.45) is -9.66. The molecule has 1 aromatic heterocycles. The molecule has 5 rings (SSSR count). The van der Waals surface area contributed by atoms with Crippen molar-refractivity contribution in [3.8, 4) is 5.75 Å². The lowest BCUT2D eigenvalue weighted by Gasteiger charge is -2.37. The number of phenols is 1. The lowest BCUT2D eigenvalue weighted by molar-refractivity contribution is -0.139. The van der Waals surface area contributed by atoms with Crippen molar-refractivity contribution < 1.29 is 35.8 Å². The second-order valence-corrected chi connectivity index (χ2v) is 11.6. The fraction of sp³-hybridized carbons (Fsp3) is 0.333. The van der Waals surface area contributed by atoms with Crippen molar-refractivity contribution in [2.45, 2.75) is 45.0 Å². The predicted molar refractivity (Wildman–Crippen MR) is 164 cm³/mol. The van der Waals surface area contributed by atoms with Gasteiger partial charge in [0.25, 0.3) is 5.56 Å². The Balaban J connectivity index is 1.50. The van der Waals surface area contributed by atoms with Gasteiger partial charge in [-0.3, -0.25) is 18.8 Å². The van der Waals surface area contributed by atoms with E-state index < -0.39 is 64.4 Å². The van der Waals surface area contributed by atoms with Crippen LogP contribution in [0, 0.1) is 12.7 Å². The highest BCUT2D eigenvalue weighted by Gasteiger charge is 2.36. The first-order valence-corrected chi connectivity index (χ1v) is 14.9. The van der Waals surface area contributed by atoms with Crippen molar-refractivity contribution in [3.63, 3.8) is 0 Å². The number of hydrogen-bond acceptors (Lipinski definition) is 6. The lowest BCUT2D eigenvalue weighted by atomic mass is 10.1. The third kappa shape index (κ3) is 7.26. The Morgan fingerprint density at radius 2 is 1.46 bits per heavy atom. The Labute approximate surface area is 270 Å². The molecular formula is C33H32F7N5O3. The molecule has 0 bridgehead atoms. The average Bonchev–Trinajstić information content (AvgIpc) is 3.03. The van der Waals surface area contributed by atoms with E-state index in [2.05, 4.69) is 0 Å². The Kier molecular flexibility index (Phi) is 9.74. The maximum atomic E-state index is 14.9. The van der Waals surface area contributed by atoms with Gasteiger partial charge in [0.2, 0.25) is 0 Å². The van der Waals surface area contributed by atoms with Crippen LogP contribution in [0.4, 0.5) is 36.4 Å². The van der Waals surface area contributed by atoms with Crippen LogP contribution in [-0.2, 0) is 32.0 Å². The van der Waals surface area contributed by atoms with Gasteiger partial charge in [-0.15, -0.1) is 0 Å². The number of halogens is 7. The highest BCUT2D eigenvalue weighted by molar-refractivity contribution is 5.50. The zero-order chi connectivity index (χ0) is 35.0. The van der Waals surface area contributed by atoms with Gasteiger partial charge in [-0.1, -0.05) is 42.5 Å². The summed E-state index contributed by atoms with van der Waals surface area (Å²) >= 11 is 0. The predicted octanol–water partition coefficient (Wildman–Crippen LogP) is 5.27. The third-order valence-electron chi connectivity index (χ3n) is 8.47. The Bertz CT molecular complexity index is 1900. The zero-order valence-electron chi connectivity index (χ0n) is 25.7. The number of phenolic OH excluding ortho intramolecular Hbond substituents is 1. The van der Waals surface area contributed by atoms with Gasteiger partial charge < -0.3 is 15.7 Å². The second kappa shape index (κ2) is 13.5. The quantitative estimate of drug-likeness (QED) is 0.247. The van der Waals surface area contributed by atoms with Crippen molar-refractivity contribution in [2.75, 3.05) is 31.1 Å². The number of nitrogens with zero attached hydrogens (tertiary/aromatic N) is 4. The molecule has 0 aliphatic carbocycles. The summed E-state index contributed by atoms with van der Waals surface area (Å²) in [7, 11) is 0. The molecule has 3 N–H and O–H groups in total. The van der Waals surface area contributed by atoms with E-state index in [1.54, 1.807) is 35.2 Å². The van der Waals surface area contributed by atoms with E-state index in [9.17, 15) is 45.4 Å². The smallest absolute Gasteiger partial charge is 0.419 e. The molecule has 1 fully saturated rings. The summed E-state index contributed by atoms with van der Waals surface area (Å²) in [5.41, 5.74) is 2.42. The van der Waals surface area contributed by atoms with Crippen LogP contribution in [0.25, 0.3) is 0 Å². The van der Waals surface area contributed by atoms with Crippen LogP contribution in [0.5, 0.6) is 5.75 Å². The van der Waals surface area contributed by atoms with E-state index >= 15 is 0 Å². The molecule has 0 amide bonds. The van der Waals surface area contributed by atoms with Crippen LogP contribution in [0.3, 0.4) is 0 Å². The molecule has 1 saturated heterocycles. The van der Waals surface area contributed by atoms with E-state index in [4.69, 9.17) is 5.73 Å². The zero-order valence-corrected chi connectivity index (χ0v) is 25.7. The summed E-state index contributed by atoms with van der Waals surface area (Å²) in [4.78, 5) is 31.3. The van der Waals surface area contributed by atoms with E-state index in [1.807, 2.05) is 4.90 Å². The van der Waals surface area contributed by atoms with Gasteiger partial charge in [0, 0.05) is 50.0 Å². The van der Waals surface area contributed by atoms with Crippen LogP contribution in [0.1, 0.15) is 39.6 Å². The van der Waals surface area contributed by atoms with Crippen LogP contribution in [0.15, 0.2) is 76.3 Å². The van der Waals surface area contributed by atoms with Gasteiger partial charge in [-0.25, -0.2) is 9.18 Å². The van der Waals surface area contributed by atoms with Crippen LogP contribution in [-0.4, -0.2) is 45.3 Å². The Hall–Kier alpha value is -4.63. The normalized spacial score (nSPS) is 15.1. The van der Waals surface area contributed by atoms with Crippen LogP contribution < -0.4 is 21.9 Å². The van der Waals surface area contributed by atoms with Crippen molar-refractivity contribution in [3.05, 3.63) is 127 Å². The molecule has 3 aromatic carbocycles. The first kappa shape index (κ1) is 34.7. The topological polar surface area (TPSA) is 96.7 Å². The molecule has 1 aliphatic heterocycles. The Morgan fingerprint density at radius 1 is 0.812 bits per heavy atom. The fourth-order valence-electron chi connectivity index (χ4n) is 5.94. The standard InChI is InChI=1S/C33H32F7N5O3/c1-20-29(43-14-12-42(13-15-43)17-21-10-11-28(46)25(16-21)33(38,39)40)30(47)45(19-27(41)22-6-3-2-4-7-22)31(48)44(20)18-23-24(32(35,36)37)8-5-9-26(23)34/h2-11,16,27,46H,12-15,17-19,41H2,1H3. The lowest BCUT2D eigenvalue weighted by Crippen LogP contribution is -2.51. The number of benzene rings is 3. The van der Waals surface area contributed by atoms with Gasteiger partial charge in [-0.2, -0.15) is 26.3 Å². The van der Waals surface area contributed by atoms with E-state index in [-0.39, 0.29) is 50.6 Å². The minimum absolute atomic E-state index is 0.0170. The van der Waals surface area contributed by atoms with Gasteiger partial charge >= 0.3 is 18.0 Å². The number of anilines is 1. The van der Waals surface area contributed by atoms with E-state index in [0.717, 1.165) is 33.4 Å². The summed E-state index contributed by atoms with van der Waals surface area (Å²) in [5, 5.41) is 9.66. The second-order valence-electron chi connectivity index (χ2n) is 11.6. The van der Waals surface area contributed by atoms with E-state index in [0.29, 0.717) is 17.2 Å². The molecular weight excluding hydrogens is 647 g/mol. The van der Waals surface area contributed by atoms with Crippen molar-refractivity contribution in [2.24, 2.45) is 5.73 Å². The molecule has 2 heterocycles. The molecule has 0 radical (unpaired) electrons. The van der Waals surface area contributed by atoms with Gasteiger partial charge in [-0.05, 0) is 42.3 Å². The van der Waals surface area contributed by atoms with Gasteiger partial charge in [0.1, 0.15) is 17.3 Å². The van der Waals surface area contributed by atoms with Gasteiger partial charge in [0.05, 0.1) is 24.2 Å². The maximum absolute atomic E-state index is 14.9. The molecule has 0 saturated carbocycles. The minimum atomic E-state index is -4.92. The largest absolute Gasteiger partial charge is 0.507 e. The number of aromatic hydroxyl groups is 1. The third-order valence-corrected chi connectivity index (χ3v) is 8.47. The maximum Gasteiger partial charge on any atom is 0.419 e. The van der Waals surface area contributed by atoms with Crippen molar-refractivity contribution in [1.29, 1.82) is 0 Å². The van der Waals surface area contributed by atoms with Crippen LogP contribution in [0.2, 0.25) is 0 Å². The fourth-order valence-corrected chi connectivity index (χ4v) is 5.94. The molecule has 1 atom stereocenters. The van der Waals surface area contributed by atoms with Gasteiger partial charge in [0.15, 0.2) is 0 Å². The number of aromatic nitrogens is 2. The molecule has 1 unspecified atom stereocenters. The van der Waals surface area contributed by atoms with Crippen molar-refractivity contribution >= 4 is 5.69 Å². The SMILES string of the molecule is Cc1c(N2CCN(Cc3ccc(O)c(C(F)(F)F)c3)CC2)c(=O)n(CC(N)c2ccccc2)c(=O)n1Cc1c(F)cccc1C(F)(F)F. The van der Waals surface area contributed by atoms with E-state index in [1.165, 1.54) is 13.0 Å². The summed E-state index contributed by atoms with van der Waals surface area (Å²) < 4.78 is 98.3. The first-order chi connectivity index (χ1) is 22.6. The number of hydrogen-bond donors (Lipinski definition) is 2. The van der Waals surface area contributed by atoms with Crippen molar-refractivity contribution in [1.82, 2.24) is 14.0 Å². The monoisotopic (exact) mass is 679 g/mol. The molecule has 256 valence electrons. The molecule has 0 spiro atoms. The highest BCUT2D eigenvalue weighted by atomic mass is 19.4. The number of nitrogens with two attached hydrogens (primary N) is 1. The highest BCUT2D eigenvalue weighted by Crippen LogP contribution is 2.37. The molecule has 1 aliphatic rings. The molecule has 15 heteroatoms. The molecule has 48 heavy (non-hydrogen) atoms. The van der Waals surface area contributed by atoms with Crippen LogP contribution >= 0.6 is 0 Å². The first-order valence-electron chi connectivity index (χ1n) is 14.9. The average molecular weight is 680 g/mol. The molecule has 4 aromatic rings. The molecule has 8 nitrogen and oxygen atoms in total. The number of rotatable bonds is 8. The minimum Gasteiger partial charge on any atom is -0.507 e. The number of alkyl halides is 6. The summed E-state index contributed by atoms with van der Waals surface area (Å²) in [5.74, 6) is -2.06. The number of piperazine rings is 1.